The number of nitrogens with zero attached hydrogens (tertiary/aromatic N) is 1. The molecular formula is C9H12N2O5. The van der Waals surface area contributed by atoms with E-state index < -0.39 is 11.9 Å². The van der Waals surface area contributed by atoms with Gasteiger partial charge < -0.3 is 19.6 Å². The van der Waals surface area contributed by atoms with Crippen LogP contribution in [0, 0.1) is 6.92 Å². The Balaban J connectivity index is 2.21. The third kappa shape index (κ3) is 3.70. The van der Waals surface area contributed by atoms with Gasteiger partial charge in [0.05, 0.1) is 12.3 Å². The van der Waals surface area contributed by atoms with Crippen molar-refractivity contribution < 1.29 is 23.8 Å². The van der Waals surface area contributed by atoms with E-state index >= 15 is 0 Å². The fourth-order valence-corrected chi connectivity index (χ4v) is 0.996. The zero-order valence-corrected chi connectivity index (χ0v) is 8.73. The van der Waals surface area contributed by atoms with Crippen LogP contribution in [0.4, 0.5) is 0 Å². The van der Waals surface area contributed by atoms with Gasteiger partial charge in [-0.25, -0.2) is 9.78 Å². The van der Waals surface area contributed by atoms with Gasteiger partial charge in [0.1, 0.15) is 6.61 Å². The highest BCUT2D eigenvalue weighted by Crippen LogP contribution is 2.03. The fourth-order valence-electron chi connectivity index (χ4n) is 0.996. The molecule has 1 aromatic heterocycles. The van der Waals surface area contributed by atoms with Gasteiger partial charge in [-0.2, -0.15) is 0 Å². The minimum atomic E-state index is -1.04. The zero-order chi connectivity index (χ0) is 12.0. The van der Waals surface area contributed by atoms with E-state index in [0.717, 1.165) is 0 Å². The number of nitrogens with one attached hydrogen (secondary N) is 1. The van der Waals surface area contributed by atoms with Crippen LogP contribution in [0.5, 0.6) is 0 Å². The molecule has 0 aromatic carbocycles. The molecule has 0 aliphatic heterocycles. The smallest absolute Gasteiger partial charge is 0.329 e. The third-order valence-corrected chi connectivity index (χ3v) is 1.71. The number of aryl methyl sites for hydroxylation is 1. The molecule has 7 nitrogen and oxygen atoms in total. The molecule has 1 heterocycles. The lowest BCUT2D eigenvalue weighted by molar-refractivity contribution is -0.142. The highest BCUT2D eigenvalue weighted by atomic mass is 16.5. The van der Waals surface area contributed by atoms with Gasteiger partial charge >= 0.3 is 5.97 Å². The van der Waals surface area contributed by atoms with Gasteiger partial charge in [0.15, 0.2) is 6.39 Å². The summed E-state index contributed by atoms with van der Waals surface area (Å²) in [6.45, 7) is 1.62. The van der Waals surface area contributed by atoms with Crippen molar-refractivity contribution in [2.24, 2.45) is 0 Å². The number of hydrogen-bond donors (Lipinski definition) is 2. The quantitative estimate of drug-likeness (QED) is 0.654. The van der Waals surface area contributed by atoms with Crippen LogP contribution in [0.15, 0.2) is 10.8 Å². The van der Waals surface area contributed by atoms with Crippen molar-refractivity contribution in [2.75, 3.05) is 19.8 Å². The molecule has 2 N–H and O–H groups in total. The summed E-state index contributed by atoms with van der Waals surface area (Å²) in [5, 5.41) is 10.8. The zero-order valence-electron chi connectivity index (χ0n) is 8.73. The molecule has 16 heavy (non-hydrogen) atoms. The largest absolute Gasteiger partial charge is 0.480 e. The molecule has 0 saturated carbocycles. The molecule has 88 valence electrons. The predicted octanol–water partition coefficient (Wildman–Crippen LogP) is -0.186. The Morgan fingerprint density at radius 2 is 2.38 bits per heavy atom. The van der Waals surface area contributed by atoms with Crippen LogP contribution in [-0.4, -0.2) is 41.7 Å². The van der Waals surface area contributed by atoms with Crippen LogP contribution in [0.1, 0.15) is 16.2 Å². The number of rotatable bonds is 6. The Labute approximate surface area is 91.4 Å². The van der Waals surface area contributed by atoms with E-state index in [1.807, 2.05) is 0 Å². The lowest BCUT2D eigenvalue weighted by Crippen LogP contribution is -2.28. The minimum Gasteiger partial charge on any atom is -0.480 e. The molecular weight excluding hydrogens is 216 g/mol. The number of aromatic nitrogens is 1. The first-order chi connectivity index (χ1) is 7.61. The summed E-state index contributed by atoms with van der Waals surface area (Å²) >= 11 is 0. The maximum absolute atomic E-state index is 11.4. The van der Waals surface area contributed by atoms with Crippen molar-refractivity contribution in [1.82, 2.24) is 10.3 Å². The van der Waals surface area contributed by atoms with Gasteiger partial charge in [-0.15, -0.1) is 0 Å². The molecule has 0 spiro atoms. The second kappa shape index (κ2) is 5.86. The third-order valence-electron chi connectivity index (χ3n) is 1.71. The summed E-state index contributed by atoms with van der Waals surface area (Å²) < 4.78 is 9.60. The Bertz CT molecular complexity index is 374. The van der Waals surface area contributed by atoms with Crippen molar-refractivity contribution in [3.05, 3.63) is 17.8 Å². The van der Waals surface area contributed by atoms with E-state index in [9.17, 15) is 9.59 Å². The van der Waals surface area contributed by atoms with Crippen LogP contribution < -0.4 is 5.32 Å². The molecule has 7 heteroatoms. The lowest BCUT2D eigenvalue weighted by atomic mass is 10.3. The molecule has 0 atom stereocenters. The minimum absolute atomic E-state index is 0.130. The second-order valence-corrected chi connectivity index (χ2v) is 2.97. The van der Waals surface area contributed by atoms with Crippen LogP contribution >= 0.6 is 0 Å². The Morgan fingerprint density at radius 1 is 1.62 bits per heavy atom. The average Bonchev–Trinajstić information content (AvgIpc) is 2.63. The van der Waals surface area contributed by atoms with Gasteiger partial charge in [0.2, 0.25) is 5.76 Å². The SMILES string of the molecule is Cc1ncoc1C(=O)NCCOCC(=O)O. The maximum atomic E-state index is 11.4. The summed E-state index contributed by atoms with van der Waals surface area (Å²) in [4.78, 5) is 25.3. The summed E-state index contributed by atoms with van der Waals surface area (Å²) in [6, 6.07) is 0. The van der Waals surface area contributed by atoms with E-state index in [4.69, 9.17) is 14.3 Å². The number of carbonyl (C=O) groups excluding carboxylic acids is 1. The normalized spacial score (nSPS) is 10.1. The maximum Gasteiger partial charge on any atom is 0.329 e. The molecule has 0 saturated heterocycles. The molecule has 0 unspecified atom stereocenters. The summed E-state index contributed by atoms with van der Waals surface area (Å²) in [5.74, 6) is -1.29. The van der Waals surface area contributed by atoms with Crippen molar-refractivity contribution in [1.29, 1.82) is 0 Å². The summed E-state index contributed by atoms with van der Waals surface area (Å²) in [5.41, 5.74) is 0.504. The molecule has 1 aromatic rings. The number of carboxylic acids is 1. The van der Waals surface area contributed by atoms with E-state index in [1.165, 1.54) is 6.39 Å². The molecule has 0 aliphatic rings. The first-order valence-electron chi connectivity index (χ1n) is 4.59. The monoisotopic (exact) mass is 228 g/mol. The Hall–Kier alpha value is -1.89. The number of oxazole rings is 1. The van der Waals surface area contributed by atoms with Crippen molar-refractivity contribution in [2.45, 2.75) is 6.92 Å². The van der Waals surface area contributed by atoms with Crippen LogP contribution in [0.25, 0.3) is 0 Å². The molecule has 0 fully saturated rings. The van der Waals surface area contributed by atoms with Gasteiger partial charge in [-0.1, -0.05) is 0 Å². The topological polar surface area (TPSA) is 102 Å². The standard InChI is InChI=1S/C9H12N2O5/c1-6-8(16-5-11-6)9(14)10-2-3-15-4-7(12)13/h5H,2-4H2,1H3,(H,10,14)(H,12,13). The van der Waals surface area contributed by atoms with Gasteiger partial charge in [-0.05, 0) is 6.92 Å². The van der Waals surface area contributed by atoms with Crippen LogP contribution in [0.2, 0.25) is 0 Å². The van der Waals surface area contributed by atoms with Crippen molar-refractivity contribution >= 4 is 11.9 Å². The molecule has 0 aliphatic carbocycles. The Morgan fingerprint density at radius 3 is 2.94 bits per heavy atom. The first-order valence-corrected chi connectivity index (χ1v) is 4.59. The van der Waals surface area contributed by atoms with Gasteiger partial charge in [-0.3, -0.25) is 4.79 Å². The highest BCUT2D eigenvalue weighted by Gasteiger charge is 2.12. The number of ether oxygens (including phenoxy) is 1. The first kappa shape index (κ1) is 12.2. The van der Waals surface area contributed by atoms with Crippen molar-refractivity contribution in [3.63, 3.8) is 0 Å². The average molecular weight is 228 g/mol. The van der Waals surface area contributed by atoms with E-state index in [1.54, 1.807) is 6.92 Å². The summed E-state index contributed by atoms with van der Waals surface area (Å²) in [6.07, 6.45) is 1.19. The fraction of sp³-hybridized carbons (Fsp3) is 0.444. The van der Waals surface area contributed by atoms with E-state index in [0.29, 0.717) is 5.69 Å². The number of hydrogen-bond acceptors (Lipinski definition) is 5. The predicted molar refractivity (Wildman–Crippen MR) is 52.0 cm³/mol. The highest BCUT2D eigenvalue weighted by molar-refractivity contribution is 5.92. The number of amides is 1. The van der Waals surface area contributed by atoms with E-state index in [2.05, 4.69) is 10.3 Å². The lowest BCUT2D eigenvalue weighted by Gasteiger charge is -2.03. The van der Waals surface area contributed by atoms with Gasteiger partial charge in [0.25, 0.3) is 5.91 Å². The molecule has 1 amide bonds. The molecule has 0 bridgehead atoms. The van der Waals surface area contributed by atoms with E-state index in [-0.39, 0.29) is 25.5 Å². The number of carbonyl (C=O) groups is 2. The van der Waals surface area contributed by atoms with Crippen molar-refractivity contribution in [3.8, 4) is 0 Å². The van der Waals surface area contributed by atoms with Crippen LogP contribution in [0.3, 0.4) is 0 Å². The number of aliphatic carboxylic acids is 1. The number of carboxylic acid groups (broad SMARTS) is 1. The van der Waals surface area contributed by atoms with Gasteiger partial charge in [0, 0.05) is 6.54 Å². The molecule has 0 radical (unpaired) electrons. The second-order valence-electron chi connectivity index (χ2n) is 2.97. The summed E-state index contributed by atoms with van der Waals surface area (Å²) in [7, 11) is 0. The molecule has 1 rings (SSSR count). The van der Waals surface area contributed by atoms with Crippen LogP contribution in [-0.2, 0) is 9.53 Å². The Kier molecular flexibility index (Phi) is 4.46.